The molecule has 0 atom stereocenters. The summed E-state index contributed by atoms with van der Waals surface area (Å²) in [5.74, 6) is 1.57. The van der Waals surface area contributed by atoms with Gasteiger partial charge in [-0.1, -0.05) is 48.0 Å². The van der Waals surface area contributed by atoms with Crippen LogP contribution in [0.2, 0.25) is 5.02 Å². The molecule has 0 spiro atoms. The molecule has 0 aliphatic rings. The Morgan fingerprint density at radius 2 is 1.73 bits per heavy atom. The molecule has 0 fully saturated rings. The Kier molecular flexibility index (Phi) is 6.95. The number of anilines is 1. The highest BCUT2D eigenvalue weighted by molar-refractivity contribution is 6.30. The fourth-order valence-electron chi connectivity index (χ4n) is 3.43. The normalized spacial score (nSPS) is 10.6. The van der Waals surface area contributed by atoms with Crippen LogP contribution in [0, 0.1) is 6.92 Å². The zero-order valence-corrected chi connectivity index (χ0v) is 19.2. The first-order chi connectivity index (χ1) is 16.0. The number of hydrogen-bond donors (Lipinski definition) is 1. The number of amides is 1. The molecule has 0 saturated carbocycles. The van der Waals surface area contributed by atoms with Gasteiger partial charge in [0.2, 0.25) is 0 Å². The minimum Gasteiger partial charge on any atom is -0.493 e. The molecular formula is C26H24ClN3O3. The summed E-state index contributed by atoms with van der Waals surface area (Å²) >= 11 is 6.08. The molecule has 1 heterocycles. The molecule has 3 aromatic carbocycles. The molecular weight excluding hydrogens is 438 g/mol. The fourth-order valence-corrected chi connectivity index (χ4v) is 3.64. The maximum Gasteiger partial charge on any atom is 0.256 e. The fraction of sp³-hybridized carbons (Fsp3) is 0.154. The van der Waals surface area contributed by atoms with E-state index in [0.29, 0.717) is 41.1 Å². The van der Waals surface area contributed by atoms with Crippen LogP contribution < -0.4 is 14.8 Å². The van der Waals surface area contributed by atoms with E-state index in [0.717, 1.165) is 16.8 Å². The van der Waals surface area contributed by atoms with Gasteiger partial charge in [0.15, 0.2) is 17.3 Å². The van der Waals surface area contributed by atoms with Gasteiger partial charge in [-0.2, -0.15) is 5.10 Å². The number of hydrogen-bond acceptors (Lipinski definition) is 4. The monoisotopic (exact) mass is 461 g/mol. The van der Waals surface area contributed by atoms with Crippen LogP contribution >= 0.6 is 11.6 Å². The van der Waals surface area contributed by atoms with Crippen molar-refractivity contribution < 1.29 is 14.3 Å². The highest BCUT2D eigenvalue weighted by atomic mass is 35.5. The Balaban J connectivity index is 1.41. The van der Waals surface area contributed by atoms with E-state index in [4.69, 9.17) is 21.1 Å². The third-order valence-electron chi connectivity index (χ3n) is 5.10. The lowest BCUT2D eigenvalue weighted by molar-refractivity contribution is 0.102. The van der Waals surface area contributed by atoms with E-state index >= 15 is 0 Å². The van der Waals surface area contributed by atoms with E-state index in [1.165, 1.54) is 0 Å². The topological polar surface area (TPSA) is 65.4 Å². The molecule has 0 unspecified atom stereocenters. The predicted molar refractivity (Wildman–Crippen MR) is 129 cm³/mol. The molecule has 0 aliphatic heterocycles. The van der Waals surface area contributed by atoms with Crippen molar-refractivity contribution in [1.29, 1.82) is 0 Å². The van der Waals surface area contributed by atoms with E-state index in [-0.39, 0.29) is 5.91 Å². The van der Waals surface area contributed by atoms with Crippen LogP contribution in [-0.2, 0) is 13.2 Å². The van der Waals surface area contributed by atoms with Crippen molar-refractivity contribution in [2.24, 2.45) is 0 Å². The average molecular weight is 462 g/mol. The lowest BCUT2D eigenvalue weighted by Crippen LogP contribution is -2.13. The number of aromatic nitrogens is 2. The average Bonchev–Trinajstić information content (AvgIpc) is 3.16. The molecule has 0 saturated heterocycles. The SMILES string of the molecule is COc1ccccc1OCc1cccc(C(=O)Nc2cc(C)n(Cc3cccc(Cl)c3)n2)c1. The quantitative estimate of drug-likeness (QED) is 0.363. The standard InChI is InChI=1S/C26H24ClN3O3/c1-18-13-25(29-30(18)16-19-7-6-10-22(27)15-19)28-26(31)21-9-5-8-20(14-21)17-33-24-12-4-3-11-23(24)32-2/h3-15H,16-17H2,1-2H3,(H,28,29,31). The zero-order chi connectivity index (χ0) is 23.2. The van der Waals surface area contributed by atoms with Gasteiger partial charge in [0.1, 0.15) is 6.61 Å². The van der Waals surface area contributed by atoms with Gasteiger partial charge in [-0.3, -0.25) is 9.48 Å². The predicted octanol–water partition coefficient (Wildman–Crippen LogP) is 5.73. The molecule has 0 radical (unpaired) electrons. The van der Waals surface area contributed by atoms with Crippen LogP contribution in [0.4, 0.5) is 5.82 Å². The lowest BCUT2D eigenvalue weighted by atomic mass is 10.1. The van der Waals surface area contributed by atoms with Crippen LogP contribution in [0.1, 0.15) is 27.2 Å². The first-order valence-electron chi connectivity index (χ1n) is 10.5. The third kappa shape index (κ3) is 5.73. The van der Waals surface area contributed by atoms with Crippen LogP contribution in [0.3, 0.4) is 0 Å². The van der Waals surface area contributed by atoms with Gasteiger partial charge in [-0.25, -0.2) is 0 Å². The minimum absolute atomic E-state index is 0.235. The molecule has 4 rings (SSSR count). The molecule has 0 aliphatic carbocycles. The van der Waals surface area contributed by atoms with Crippen molar-refractivity contribution >= 4 is 23.3 Å². The van der Waals surface area contributed by atoms with E-state index in [1.54, 1.807) is 19.2 Å². The second-order valence-corrected chi connectivity index (χ2v) is 7.99. The number of carbonyl (C=O) groups is 1. The first kappa shape index (κ1) is 22.4. The molecule has 4 aromatic rings. The summed E-state index contributed by atoms with van der Waals surface area (Å²) < 4.78 is 13.0. The highest BCUT2D eigenvalue weighted by Crippen LogP contribution is 2.26. The van der Waals surface area contributed by atoms with E-state index < -0.39 is 0 Å². The third-order valence-corrected chi connectivity index (χ3v) is 5.33. The minimum atomic E-state index is -0.235. The number of para-hydroxylation sites is 2. The second-order valence-electron chi connectivity index (χ2n) is 7.55. The Labute approximate surface area is 197 Å². The number of aryl methyl sites for hydroxylation is 1. The van der Waals surface area contributed by atoms with Crippen molar-refractivity contribution in [3.8, 4) is 11.5 Å². The summed E-state index contributed by atoms with van der Waals surface area (Å²) in [5.41, 5.74) is 3.37. The van der Waals surface area contributed by atoms with Crippen molar-refractivity contribution in [2.75, 3.05) is 12.4 Å². The van der Waals surface area contributed by atoms with Crippen molar-refractivity contribution in [1.82, 2.24) is 9.78 Å². The summed E-state index contributed by atoms with van der Waals surface area (Å²) in [6.45, 7) is 2.83. The maximum absolute atomic E-state index is 12.8. The number of carbonyl (C=O) groups excluding carboxylic acids is 1. The highest BCUT2D eigenvalue weighted by Gasteiger charge is 2.12. The number of rotatable bonds is 8. The largest absolute Gasteiger partial charge is 0.493 e. The zero-order valence-electron chi connectivity index (χ0n) is 18.4. The summed E-state index contributed by atoms with van der Waals surface area (Å²) in [4.78, 5) is 12.8. The summed E-state index contributed by atoms with van der Waals surface area (Å²) in [7, 11) is 1.60. The van der Waals surface area contributed by atoms with Crippen molar-refractivity contribution in [2.45, 2.75) is 20.1 Å². The Hall–Kier alpha value is -3.77. The van der Waals surface area contributed by atoms with Gasteiger partial charge in [0.05, 0.1) is 13.7 Å². The maximum atomic E-state index is 12.8. The van der Waals surface area contributed by atoms with Crippen molar-refractivity contribution in [3.63, 3.8) is 0 Å². The smallest absolute Gasteiger partial charge is 0.256 e. The van der Waals surface area contributed by atoms with Gasteiger partial charge in [-0.05, 0) is 54.4 Å². The molecule has 1 amide bonds. The summed E-state index contributed by atoms with van der Waals surface area (Å²) in [6, 6.07) is 24.2. The summed E-state index contributed by atoms with van der Waals surface area (Å²) in [6.07, 6.45) is 0. The number of methoxy groups -OCH3 is 1. The van der Waals surface area contributed by atoms with Gasteiger partial charge >= 0.3 is 0 Å². The molecule has 0 bridgehead atoms. The van der Waals surface area contributed by atoms with Crippen LogP contribution in [0.5, 0.6) is 11.5 Å². The Bertz CT molecular complexity index is 1270. The Morgan fingerprint density at radius 3 is 2.52 bits per heavy atom. The molecule has 7 heteroatoms. The van der Waals surface area contributed by atoms with E-state index in [1.807, 2.05) is 78.3 Å². The Morgan fingerprint density at radius 1 is 0.970 bits per heavy atom. The molecule has 168 valence electrons. The number of nitrogens with zero attached hydrogens (tertiary/aromatic N) is 2. The summed E-state index contributed by atoms with van der Waals surface area (Å²) in [5, 5.41) is 8.08. The number of nitrogens with one attached hydrogen (secondary N) is 1. The molecule has 6 nitrogen and oxygen atoms in total. The lowest BCUT2D eigenvalue weighted by Gasteiger charge is -2.11. The van der Waals surface area contributed by atoms with Gasteiger partial charge in [0.25, 0.3) is 5.91 Å². The van der Waals surface area contributed by atoms with Crippen LogP contribution in [-0.4, -0.2) is 22.8 Å². The number of ether oxygens (including phenoxy) is 2. The van der Waals surface area contributed by atoms with Gasteiger partial charge < -0.3 is 14.8 Å². The molecule has 1 N–H and O–H groups in total. The molecule has 1 aromatic heterocycles. The van der Waals surface area contributed by atoms with E-state index in [2.05, 4.69) is 10.4 Å². The molecule has 33 heavy (non-hydrogen) atoms. The van der Waals surface area contributed by atoms with Gasteiger partial charge in [-0.15, -0.1) is 0 Å². The number of halogens is 1. The van der Waals surface area contributed by atoms with Crippen LogP contribution in [0.15, 0.2) is 78.9 Å². The number of benzene rings is 3. The van der Waals surface area contributed by atoms with E-state index in [9.17, 15) is 4.79 Å². The second kappa shape index (κ2) is 10.2. The first-order valence-corrected chi connectivity index (χ1v) is 10.8. The van der Waals surface area contributed by atoms with Gasteiger partial charge in [0, 0.05) is 22.3 Å². The van der Waals surface area contributed by atoms with Crippen molar-refractivity contribution in [3.05, 3.63) is 106 Å². The van der Waals surface area contributed by atoms with Crippen LogP contribution in [0.25, 0.3) is 0 Å².